The van der Waals surface area contributed by atoms with Crippen LogP contribution in [0.5, 0.6) is 0 Å². The van der Waals surface area contributed by atoms with Gasteiger partial charge in [-0.3, -0.25) is 9.59 Å². The zero-order valence-corrected chi connectivity index (χ0v) is 16.4. The average Bonchev–Trinajstić information content (AvgIpc) is 2.64. The molecule has 1 aliphatic heterocycles. The van der Waals surface area contributed by atoms with E-state index in [9.17, 15) is 9.59 Å². The first-order chi connectivity index (χ1) is 12.8. The van der Waals surface area contributed by atoms with E-state index in [0.717, 1.165) is 11.1 Å². The average molecular weight is 388 g/mol. The van der Waals surface area contributed by atoms with E-state index >= 15 is 0 Å². The first kappa shape index (κ1) is 19.1. The van der Waals surface area contributed by atoms with Crippen LogP contribution in [0.2, 0.25) is 5.02 Å². The molecular formula is C19H22ClN5O2. The molecule has 7 nitrogen and oxygen atoms in total. The van der Waals surface area contributed by atoms with Gasteiger partial charge < -0.3 is 15.1 Å². The summed E-state index contributed by atoms with van der Waals surface area (Å²) in [4.78, 5) is 36.3. The maximum Gasteiger partial charge on any atom is 0.258 e. The van der Waals surface area contributed by atoms with Gasteiger partial charge in [0.1, 0.15) is 0 Å². The van der Waals surface area contributed by atoms with E-state index in [1.807, 2.05) is 30.9 Å². The van der Waals surface area contributed by atoms with Crippen molar-refractivity contribution in [1.82, 2.24) is 14.9 Å². The molecule has 0 spiro atoms. The third-order valence-corrected chi connectivity index (χ3v) is 4.88. The van der Waals surface area contributed by atoms with Gasteiger partial charge in [0.25, 0.3) is 5.91 Å². The Bertz CT molecular complexity index is 838. The van der Waals surface area contributed by atoms with E-state index in [-0.39, 0.29) is 11.8 Å². The van der Waals surface area contributed by atoms with Gasteiger partial charge in [0, 0.05) is 45.5 Å². The molecule has 2 aromatic rings. The molecular weight excluding hydrogens is 366 g/mol. The molecule has 1 saturated heterocycles. The fraction of sp³-hybridized carbons (Fsp3) is 0.368. The number of piperazine rings is 1. The van der Waals surface area contributed by atoms with Crippen LogP contribution in [0.1, 0.15) is 28.4 Å². The Balaban J connectivity index is 1.67. The van der Waals surface area contributed by atoms with E-state index in [1.54, 1.807) is 11.8 Å². The largest absolute Gasteiger partial charge is 0.339 e. The number of aryl methyl sites for hydroxylation is 2. The third kappa shape index (κ3) is 4.36. The van der Waals surface area contributed by atoms with Crippen LogP contribution in [0, 0.1) is 13.8 Å². The molecule has 1 aliphatic rings. The fourth-order valence-corrected chi connectivity index (χ4v) is 3.45. The van der Waals surface area contributed by atoms with Gasteiger partial charge in [0.15, 0.2) is 0 Å². The predicted octanol–water partition coefficient (Wildman–Crippen LogP) is 2.67. The Kier molecular flexibility index (Phi) is 5.60. The SMILES string of the molecule is CC(=O)N1CCN(c2ncc(C(=O)Nc3c(C)cc(C)cc3Cl)cn2)CC1. The lowest BCUT2D eigenvalue weighted by Crippen LogP contribution is -2.48. The molecule has 0 unspecified atom stereocenters. The molecule has 0 aliphatic carbocycles. The molecule has 8 heteroatoms. The van der Waals surface area contributed by atoms with Crippen LogP contribution in [0.4, 0.5) is 11.6 Å². The summed E-state index contributed by atoms with van der Waals surface area (Å²) in [6.07, 6.45) is 3.01. The molecule has 27 heavy (non-hydrogen) atoms. The van der Waals surface area contributed by atoms with Crippen molar-refractivity contribution in [3.8, 4) is 0 Å². The zero-order valence-electron chi connectivity index (χ0n) is 15.6. The third-order valence-electron chi connectivity index (χ3n) is 4.58. The van der Waals surface area contributed by atoms with E-state index < -0.39 is 0 Å². The summed E-state index contributed by atoms with van der Waals surface area (Å²) in [5.41, 5.74) is 2.89. The van der Waals surface area contributed by atoms with Gasteiger partial charge in [-0.15, -0.1) is 0 Å². The molecule has 1 fully saturated rings. The number of anilines is 2. The van der Waals surface area contributed by atoms with E-state index in [1.165, 1.54) is 12.4 Å². The summed E-state index contributed by atoms with van der Waals surface area (Å²) >= 11 is 6.25. The van der Waals surface area contributed by atoms with Gasteiger partial charge >= 0.3 is 0 Å². The smallest absolute Gasteiger partial charge is 0.258 e. The normalized spacial score (nSPS) is 14.2. The monoisotopic (exact) mass is 387 g/mol. The molecule has 142 valence electrons. The second-order valence-electron chi connectivity index (χ2n) is 6.66. The number of nitrogens with one attached hydrogen (secondary N) is 1. The van der Waals surface area contributed by atoms with Crippen LogP contribution in [-0.4, -0.2) is 52.9 Å². The summed E-state index contributed by atoms with van der Waals surface area (Å²) in [5.74, 6) is 0.323. The minimum atomic E-state index is -0.309. The first-order valence-electron chi connectivity index (χ1n) is 8.76. The van der Waals surface area contributed by atoms with Gasteiger partial charge in [-0.1, -0.05) is 17.7 Å². The highest BCUT2D eigenvalue weighted by atomic mass is 35.5. The summed E-state index contributed by atoms with van der Waals surface area (Å²) < 4.78 is 0. The zero-order chi connectivity index (χ0) is 19.6. The summed E-state index contributed by atoms with van der Waals surface area (Å²) in [6.45, 7) is 8.05. The molecule has 3 rings (SSSR count). The van der Waals surface area contributed by atoms with Crippen LogP contribution in [0.25, 0.3) is 0 Å². The van der Waals surface area contributed by atoms with Crippen LogP contribution >= 0.6 is 11.6 Å². The molecule has 0 saturated carbocycles. The van der Waals surface area contributed by atoms with Crippen molar-refractivity contribution < 1.29 is 9.59 Å². The number of hydrogen-bond donors (Lipinski definition) is 1. The van der Waals surface area contributed by atoms with Gasteiger partial charge in [0.2, 0.25) is 11.9 Å². The maximum absolute atomic E-state index is 12.5. The highest BCUT2D eigenvalue weighted by Gasteiger charge is 2.21. The lowest BCUT2D eigenvalue weighted by molar-refractivity contribution is -0.129. The van der Waals surface area contributed by atoms with E-state index in [0.29, 0.717) is 48.4 Å². The Morgan fingerprint density at radius 1 is 1.07 bits per heavy atom. The number of hydrogen-bond acceptors (Lipinski definition) is 5. The molecule has 2 heterocycles. The second-order valence-corrected chi connectivity index (χ2v) is 7.06. The van der Waals surface area contributed by atoms with Crippen molar-refractivity contribution in [2.75, 3.05) is 36.4 Å². The number of nitrogens with zero attached hydrogens (tertiary/aromatic N) is 4. The number of amides is 2. The first-order valence-corrected chi connectivity index (χ1v) is 9.13. The molecule has 1 aromatic heterocycles. The van der Waals surface area contributed by atoms with E-state index in [2.05, 4.69) is 15.3 Å². The standard InChI is InChI=1S/C19H22ClN5O2/c1-12-8-13(2)17(16(20)9-12)23-18(27)15-10-21-19(22-11-15)25-6-4-24(5-7-25)14(3)26/h8-11H,4-7H2,1-3H3,(H,23,27). The Morgan fingerprint density at radius 3 is 2.26 bits per heavy atom. The number of aromatic nitrogens is 2. The summed E-state index contributed by atoms with van der Waals surface area (Å²) in [6, 6.07) is 3.77. The molecule has 0 atom stereocenters. The van der Waals surface area contributed by atoms with Crippen LogP contribution in [-0.2, 0) is 4.79 Å². The molecule has 0 bridgehead atoms. The van der Waals surface area contributed by atoms with Crippen molar-refractivity contribution >= 4 is 35.1 Å². The number of carbonyl (C=O) groups excluding carboxylic acids is 2. The van der Waals surface area contributed by atoms with Gasteiger partial charge in [-0.2, -0.15) is 0 Å². The maximum atomic E-state index is 12.5. The topological polar surface area (TPSA) is 78.4 Å². The summed E-state index contributed by atoms with van der Waals surface area (Å²) in [7, 11) is 0. The Labute approximate surface area is 163 Å². The number of carbonyl (C=O) groups is 2. The molecule has 0 radical (unpaired) electrons. The van der Waals surface area contributed by atoms with Crippen molar-refractivity contribution in [3.63, 3.8) is 0 Å². The molecule has 1 aromatic carbocycles. The highest BCUT2D eigenvalue weighted by molar-refractivity contribution is 6.34. The quantitative estimate of drug-likeness (QED) is 0.875. The predicted molar refractivity (Wildman–Crippen MR) is 105 cm³/mol. The highest BCUT2D eigenvalue weighted by Crippen LogP contribution is 2.27. The van der Waals surface area contributed by atoms with Crippen LogP contribution < -0.4 is 10.2 Å². The van der Waals surface area contributed by atoms with Gasteiger partial charge in [-0.25, -0.2) is 9.97 Å². The second kappa shape index (κ2) is 7.92. The Morgan fingerprint density at radius 2 is 1.70 bits per heavy atom. The fourth-order valence-electron chi connectivity index (χ4n) is 3.08. The van der Waals surface area contributed by atoms with Crippen molar-refractivity contribution in [1.29, 1.82) is 0 Å². The van der Waals surface area contributed by atoms with E-state index in [4.69, 9.17) is 11.6 Å². The minimum Gasteiger partial charge on any atom is -0.339 e. The van der Waals surface area contributed by atoms with Crippen molar-refractivity contribution in [2.45, 2.75) is 20.8 Å². The number of benzene rings is 1. The molecule has 2 amide bonds. The number of halogens is 1. The van der Waals surface area contributed by atoms with Gasteiger partial charge in [-0.05, 0) is 31.0 Å². The van der Waals surface area contributed by atoms with Crippen LogP contribution in [0.3, 0.4) is 0 Å². The molecule has 1 N–H and O–H groups in total. The minimum absolute atomic E-state index is 0.0765. The number of rotatable bonds is 3. The van der Waals surface area contributed by atoms with Crippen LogP contribution in [0.15, 0.2) is 24.5 Å². The summed E-state index contributed by atoms with van der Waals surface area (Å²) in [5, 5.41) is 3.33. The van der Waals surface area contributed by atoms with Crippen molar-refractivity contribution in [3.05, 3.63) is 46.2 Å². The van der Waals surface area contributed by atoms with Crippen molar-refractivity contribution in [2.24, 2.45) is 0 Å². The lowest BCUT2D eigenvalue weighted by Gasteiger charge is -2.34. The van der Waals surface area contributed by atoms with Gasteiger partial charge in [0.05, 0.1) is 16.3 Å². The Hall–Kier alpha value is -2.67. The lowest BCUT2D eigenvalue weighted by atomic mass is 10.1.